The minimum absolute atomic E-state index is 0.0927. The van der Waals surface area contributed by atoms with E-state index in [4.69, 9.17) is 5.73 Å². The van der Waals surface area contributed by atoms with Crippen molar-refractivity contribution in [2.75, 3.05) is 0 Å². The molecule has 2 rings (SSSR count). The van der Waals surface area contributed by atoms with Gasteiger partial charge in [0.25, 0.3) is 0 Å². The maximum atomic E-state index is 12.5. The maximum absolute atomic E-state index is 12.5. The summed E-state index contributed by atoms with van der Waals surface area (Å²) in [5.41, 5.74) is 6.47. The molecule has 0 amide bonds. The topological polar surface area (TPSA) is 26.0 Å². The Morgan fingerprint density at radius 3 is 2.05 bits per heavy atom. The number of nitrogens with two attached hydrogens (primary N) is 1. The molecule has 0 aromatic heterocycles. The van der Waals surface area contributed by atoms with Crippen LogP contribution < -0.4 is 5.73 Å². The first-order valence-corrected chi connectivity index (χ1v) is 6.79. The van der Waals surface area contributed by atoms with E-state index in [-0.39, 0.29) is 11.5 Å². The van der Waals surface area contributed by atoms with Crippen LogP contribution >= 0.6 is 0 Å². The van der Waals surface area contributed by atoms with Gasteiger partial charge in [-0.2, -0.15) is 13.2 Å². The highest BCUT2D eigenvalue weighted by Crippen LogP contribution is 2.38. The number of hydrogen-bond acceptors (Lipinski definition) is 1. The number of hydrogen-bond donors (Lipinski definition) is 1. The highest BCUT2D eigenvalue weighted by Gasteiger charge is 2.35. The highest BCUT2D eigenvalue weighted by molar-refractivity contribution is 5.29. The van der Waals surface area contributed by atoms with Crippen LogP contribution in [0.25, 0.3) is 0 Å². The minimum Gasteiger partial charge on any atom is -0.325 e. The second-order valence-electron chi connectivity index (χ2n) is 5.64. The quantitative estimate of drug-likeness (QED) is 0.843. The van der Waals surface area contributed by atoms with Crippen LogP contribution in [0.5, 0.6) is 0 Å². The summed E-state index contributed by atoms with van der Waals surface area (Å²) in [5, 5.41) is 0. The van der Waals surface area contributed by atoms with Crippen molar-refractivity contribution in [3.8, 4) is 0 Å². The molecule has 1 unspecified atom stereocenters. The van der Waals surface area contributed by atoms with Gasteiger partial charge in [-0.15, -0.1) is 0 Å². The van der Waals surface area contributed by atoms with Crippen LogP contribution in [0.15, 0.2) is 24.3 Å². The molecule has 0 heterocycles. The first kappa shape index (κ1) is 14.4. The van der Waals surface area contributed by atoms with Crippen LogP contribution in [0.3, 0.4) is 0 Å². The standard InChI is InChI=1S/C15H20F3N/c1-11(14(19)9-3-2-4-10-14)12-5-7-13(8-6-12)15(16,17)18/h5-8,11H,2-4,9-10,19H2,1H3. The molecule has 19 heavy (non-hydrogen) atoms. The number of benzene rings is 1. The first-order chi connectivity index (χ1) is 8.83. The van der Waals surface area contributed by atoms with Gasteiger partial charge >= 0.3 is 6.18 Å². The molecule has 1 aliphatic carbocycles. The van der Waals surface area contributed by atoms with Crippen LogP contribution in [0.2, 0.25) is 0 Å². The molecule has 1 aliphatic rings. The predicted octanol–water partition coefficient (Wildman–Crippen LogP) is 4.47. The zero-order valence-corrected chi connectivity index (χ0v) is 11.1. The molecule has 0 aliphatic heterocycles. The molecule has 1 saturated carbocycles. The van der Waals surface area contributed by atoms with Crippen molar-refractivity contribution >= 4 is 0 Å². The summed E-state index contributed by atoms with van der Waals surface area (Å²) >= 11 is 0. The fourth-order valence-electron chi connectivity index (χ4n) is 2.94. The smallest absolute Gasteiger partial charge is 0.325 e. The van der Waals surface area contributed by atoms with Crippen LogP contribution in [-0.2, 0) is 6.18 Å². The lowest BCUT2D eigenvalue weighted by molar-refractivity contribution is -0.137. The minimum atomic E-state index is -4.27. The van der Waals surface area contributed by atoms with Crippen molar-refractivity contribution in [3.63, 3.8) is 0 Å². The van der Waals surface area contributed by atoms with E-state index in [0.717, 1.165) is 43.4 Å². The Hall–Kier alpha value is -1.03. The molecule has 0 radical (unpaired) electrons. The number of rotatable bonds is 2. The van der Waals surface area contributed by atoms with Gasteiger partial charge in [0.15, 0.2) is 0 Å². The second-order valence-corrected chi connectivity index (χ2v) is 5.64. The van der Waals surface area contributed by atoms with Gasteiger partial charge in [0.2, 0.25) is 0 Å². The summed E-state index contributed by atoms with van der Waals surface area (Å²) in [6, 6.07) is 5.43. The molecule has 4 heteroatoms. The Morgan fingerprint density at radius 2 is 1.58 bits per heavy atom. The Morgan fingerprint density at radius 1 is 1.05 bits per heavy atom. The van der Waals surface area contributed by atoms with E-state index in [9.17, 15) is 13.2 Å². The number of alkyl halides is 3. The van der Waals surface area contributed by atoms with E-state index in [1.807, 2.05) is 6.92 Å². The van der Waals surface area contributed by atoms with Gasteiger partial charge in [-0.25, -0.2) is 0 Å². The van der Waals surface area contributed by atoms with Crippen LogP contribution in [0.4, 0.5) is 13.2 Å². The van der Waals surface area contributed by atoms with Crippen LogP contribution in [-0.4, -0.2) is 5.54 Å². The first-order valence-electron chi connectivity index (χ1n) is 6.79. The molecule has 1 fully saturated rings. The third kappa shape index (κ3) is 3.11. The summed E-state index contributed by atoms with van der Waals surface area (Å²) in [6.45, 7) is 2.02. The van der Waals surface area contributed by atoms with E-state index < -0.39 is 11.7 Å². The predicted molar refractivity (Wildman–Crippen MR) is 69.9 cm³/mol. The van der Waals surface area contributed by atoms with E-state index in [2.05, 4.69) is 0 Å². The molecule has 0 spiro atoms. The average Bonchev–Trinajstić information content (AvgIpc) is 2.38. The molecule has 0 saturated heterocycles. The van der Waals surface area contributed by atoms with Gasteiger partial charge in [-0.1, -0.05) is 38.3 Å². The lowest BCUT2D eigenvalue weighted by atomic mass is 9.71. The summed E-state index contributed by atoms with van der Waals surface area (Å²) in [7, 11) is 0. The van der Waals surface area contributed by atoms with Crippen molar-refractivity contribution in [3.05, 3.63) is 35.4 Å². The Kier molecular flexibility index (Phi) is 3.90. The van der Waals surface area contributed by atoms with Crippen molar-refractivity contribution in [2.45, 2.75) is 56.7 Å². The lowest BCUT2D eigenvalue weighted by Gasteiger charge is -2.39. The fourth-order valence-corrected chi connectivity index (χ4v) is 2.94. The molecule has 1 aromatic carbocycles. The molecule has 106 valence electrons. The summed E-state index contributed by atoms with van der Waals surface area (Å²) in [4.78, 5) is 0. The third-order valence-electron chi connectivity index (χ3n) is 4.38. The van der Waals surface area contributed by atoms with Gasteiger partial charge < -0.3 is 5.73 Å². The molecule has 1 nitrogen and oxygen atoms in total. The third-order valence-corrected chi connectivity index (χ3v) is 4.38. The maximum Gasteiger partial charge on any atom is 0.416 e. The molecule has 1 atom stereocenters. The second kappa shape index (κ2) is 5.16. The SMILES string of the molecule is CC(c1ccc(C(F)(F)F)cc1)C1(N)CCCCC1. The largest absolute Gasteiger partial charge is 0.416 e. The summed E-state index contributed by atoms with van der Waals surface area (Å²) in [6.07, 6.45) is 1.07. The van der Waals surface area contributed by atoms with Crippen molar-refractivity contribution in [2.24, 2.45) is 5.73 Å². The molecular formula is C15H20F3N. The lowest BCUT2D eigenvalue weighted by Crippen LogP contribution is -2.46. The van der Waals surface area contributed by atoms with E-state index in [1.165, 1.54) is 6.42 Å². The molecule has 0 bridgehead atoms. The molecule has 2 N–H and O–H groups in total. The van der Waals surface area contributed by atoms with Gasteiger partial charge in [-0.3, -0.25) is 0 Å². The molecular weight excluding hydrogens is 251 g/mol. The summed E-state index contributed by atoms with van der Waals surface area (Å²) in [5.74, 6) is 0.0927. The normalized spacial score (nSPS) is 21.1. The van der Waals surface area contributed by atoms with Gasteiger partial charge in [0.1, 0.15) is 0 Å². The van der Waals surface area contributed by atoms with Gasteiger partial charge in [-0.05, 0) is 36.5 Å². The Bertz CT molecular complexity index is 416. The zero-order valence-electron chi connectivity index (χ0n) is 11.1. The highest BCUT2D eigenvalue weighted by atomic mass is 19.4. The summed E-state index contributed by atoms with van der Waals surface area (Å²) < 4.78 is 37.6. The van der Waals surface area contributed by atoms with E-state index in [0.29, 0.717) is 0 Å². The average molecular weight is 271 g/mol. The number of halogens is 3. The molecule has 1 aromatic rings. The van der Waals surface area contributed by atoms with Crippen LogP contribution in [0.1, 0.15) is 56.1 Å². The van der Waals surface area contributed by atoms with Gasteiger partial charge in [0, 0.05) is 5.54 Å². The fraction of sp³-hybridized carbons (Fsp3) is 0.600. The van der Waals surface area contributed by atoms with Crippen molar-refractivity contribution in [1.82, 2.24) is 0 Å². The van der Waals surface area contributed by atoms with Crippen LogP contribution in [0, 0.1) is 0 Å². The van der Waals surface area contributed by atoms with E-state index in [1.54, 1.807) is 12.1 Å². The zero-order chi connectivity index (χ0) is 14.1. The Balaban J connectivity index is 2.17. The monoisotopic (exact) mass is 271 g/mol. The Labute approximate surface area is 112 Å². The van der Waals surface area contributed by atoms with E-state index >= 15 is 0 Å². The van der Waals surface area contributed by atoms with Gasteiger partial charge in [0.05, 0.1) is 5.56 Å². The van der Waals surface area contributed by atoms with Crippen molar-refractivity contribution < 1.29 is 13.2 Å². The van der Waals surface area contributed by atoms with Crippen molar-refractivity contribution in [1.29, 1.82) is 0 Å².